The Morgan fingerprint density at radius 3 is 2.59 bits per heavy atom. The highest BCUT2D eigenvalue weighted by Gasteiger charge is 2.57. The van der Waals surface area contributed by atoms with Gasteiger partial charge in [-0.1, -0.05) is 13.8 Å². The Labute approximate surface area is 103 Å². The van der Waals surface area contributed by atoms with E-state index in [1.165, 1.54) is 7.11 Å². The van der Waals surface area contributed by atoms with E-state index in [1.807, 2.05) is 11.1 Å². The minimum Gasteiger partial charge on any atom is -0.463 e. The summed E-state index contributed by atoms with van der Waals surface area (Å²) in [7, 11) is 1.38. The van der Waals surface area contributed by atoms with Crippen molar-refractivity contribution < 1.29 is 14.4 Å². The van der Waals surface area contributed by atoms with Crippen molar-refractivity contribution in [1.82, 2.24) is 5.06 Å². The lowest BCUT2D eigenvalue weighted by Gasteiger charge is -2.38. The second-order valence-electron chi connectivity index (χ2n) is 5.84. The molecule has 0 spiro atoms. The second kappa shape index (κ2) is 3.73. The molecule has 2 heterocycles. The predicted octanol–water partition coefficient (Wildman–Crippen LogP) is 2.26. The summed E-state index contributed by atoms with van der Waals surface area (Å²) in [5.41, 5.74) is -0.205. The molecular formula is C13H21NO3. The number of nitrogens with zero attached hydrogens (tertiary/aromatic N) is 1. The van der Waals surface area contributed by atoms with Crippen LogP contribution in [0.3, 0.4) is 0 Å². The topological polar surface area (TPSA) is 38.8 Å². The summed E-state index contributed by atoms with van der Waals surface area (Å²) in [5, 5.41) is 1.98. The fraction of sp³-hybridized carbons (Fsp3) is 0.769. The second-order valence-corrected chi connectivity index (χ2v) is 5.84. The quantitative estimate of drug-likeness (QED) is 0.693. The zero-order valence-corrected chi connectivity index (χ0v) is 11.2. The highest BCUT2D eigenvalue weighted by molar-refractivity contribution is 5.86. The van der Waals surface area contributed by atoms with E-state index in [1.54, 1.807) is 0 Å². The molecule has 4 heteroatoms. The summed E-state index contributed by atoms with van der Waals surface area (Å²) < 4.78 is 4.73. The molecule has 0 saturated carbocycles. The summed E-state index contributed by atoms with van der Waals surface area (Å²) in [4.78, 5) is 17.3. The molecule has 4 nitrogen and oxygen atoms in total. The maximum Gasteiger partial charge on any atom is 0.375 e. The van der Waals surface area contributed by atoms with Crippen LogP contribution in [-0.2, 0) is 14.4 Å². The molecule has 17 heavy (non-hydrogen) atoms. The van der Waals surface area contributed by atoms with Crippen LogP contribution in [0.1, 0.15) is 40.5 Å². The number of carbonyl (C=O) groups excluding carboxylic acids is 1. The number of hydroxylamine groups is 2. The summed E-state index contributed by atoms with van der Waals surface area (Å²) in [6, 6.07) is 0. The molecule has 2 aliphatic rings. The van der Waals surface area contributed by atoms with Crippen molar-refractivity contribution in [1.29, 1.82) is 0 Å². The van der Waals surface area contributed by atoms with Crippen molar-refractivity contribution in [2.45, 2.75) is 51.6 Å². The summed E-state index contributed by atoms with van der Waals surface area (Å²) in [6.07, 6.45) is 4.02. The summed E-state index contributed by atoms with van der Waals surface area (Å²) in [6.45, 7) is 8.61. The van der Waals surface area contributed by atoms with Gasteiger partial charge in [0, 0.05) is 0 Å². The molecule has 2 rings (SSSR count). The van der Waals surface area contributed by atoms with E-state index in [-0.39, 0.29) is 11.1 Å². The van der Waals surface area contributed by atoms with E-state index in [0.717, 1.165) is 12.8 Å². The minimum atomic E-state index is -0.393. The van der Waals surface area contributed by atoms with Gasteiger partial charge in [-0.15, -0.1) is 5.06 Å². The van der Waals surface area contributed by atoms with E-state index in [9.17, 15) is 4.79 Å². The first-order valence-electron chi connectivity index (χ1n) is 6.13. The number of hydrogen-bond acceptors (Lipinski definition) is 4. The molecule has 0 N–H and O–H groups in total. The lowest BCUT2D eigenvalue weighted by molar-refractivity contribution is -0.201. The zero-order chi connectivity index (χ0) is 12.8. The Morgan fingerprint density at radius 1 is 1.47 bits per heavy atom. The molecule has 0 aromatic carbocycles. The van der Waals surface area contributed by atoms with Crippen LogP contribution in [0.2, 0.25) is 0 Å². The number of hydrogen-bond donors (Lipinski definition) is 0. The number of rotatable bonds is 2. The number of methoxy groups -OCH3 is 1. The van der Waals surface area contributed by atoms with Gasteiger partial charge in [0.2, 0.25) is 5.76 Å². The lowest BCUT2D eigenvalue weighted by atomic mass is 9.84. The highest BCUT2D eigenvalue weighted by Crippen LogP contribution is 2.50. The van der Waals surface area contributed by atoms with E-state index in [2.05, 4.69) is 27.7 Å². The molecule has 0 bridgehead atoms. The van der Waals surface area contributed by atoms with Crippen molar-refractivity contribution in [3.63, 3.8) is 0 Å². The van der Waals surface area contributed by atoms with E-state index < -0.39 is 5.97 Å². The van der Waals surface area contributed by atoms with Crippen molar-refractivity contribution in [3.05, 3.63) is 11.8 Å². The Morgan fingerprint density at radius 2 is 2.12 bits per heavy atom. The van der Waals surface area contributed by atoms with Gasteiger partial charge in [0.15, 0.2) is 0 Å². The van der Waals surface area contributed by atoms with Gasteiger partial charge in [-0.3, -0.25) is 0 Å². The van der Waals surface area contributed by atoms with Gasteiger partial charge in [0.1, 0.15) is 0 Å². The van der Waals surface area contributed by atoms with Crippen LogP contribution < -0.4 is 0 Å². The molecule has 2 aliphatic heterocycles. The molecule has 0 amide bonds. The maximum absolute atomic E-state index is 11.6. The van der Waals surface area contributed by atoms with Gasteiger partial charge in [-0.25, -0.2) is 4.79 Å². The molecule has 96 valence electrons. The normalized spacial score (nSPS) is 31.1. The third-order valence-corrected chi connectivity index (χ3v) is 4.02. The molecule has 1 atom stereocenters. The third kappa shape index (κ3) is 1.66. The summed E-state index contributed by atoms with van der Waals surface area (Å²) in [5.74, 6) is 0.329. The molecule has 1 fully saturated rings. The van der Waals surface area contributed by atoms with Crippen molar-refractivity contribution in [2.75, 3.05) is 7.11 Å². The van der Waals surface area contributed by atoms with Gasteiger partial charge in [-0.05, 0) is 38.7 Å². The first-order valence-corrected chi connectivity index (χ1v) is 6.13. The molecule has 0 aromatic heterocycles. The number of carbonyl (C=O) groups is 1. The van der Waals surface area contributed by atoms with E-state index >= 15 is 0 Å². The van der Waals surface area contributed by atoms with Gasteiger partial charge in [0.25, 0.3) is 0 Å². The fourth-order valence-corrected chi connectivity index (χ4v) is 2.85. The fourth-order valence-electron chi connectivity index (χ4n) is 2.85. The van der Waals surface area contributed by atoms with Crippen molar-refractivity contribution >= 4 is 5.97 Å². The largest absolute Gasteiger partial charge is 0.463 e. The van der Waals surface area contributed by atoms with Crippen LogP contribution in [0.4, 0.5) is 0 Å². The van der Waals surface area contributed by atoms with Crippen LogP contribution in [0.15, 0.2) is 11.8 Å². The van der Waals surface area contributed by atoms with Gasteiger partial charge in [-0.2, -0.15) is 0 Å². The van der Waals surface area contributed by atoms with E-state index in [4.69, 9.17) is 9.57 Å². The standard InChI is InChI=1S/C13H21NO3/c1-9(2)13-7-6-12(3,4)14(13)17-10(8-13)11(15)16-5/h8-9H,6-7H2,1-5H3. The minimum absolute atomic E-state index is 0.0451. The Balaban J connectivity index is 2.37. The predicted molar refractivity (Wildman–Crippen MR) is 63.9 cm³/mol. The third-order valence-electron chi connectivity index (χ3n) is 4.02. The SMILES string of the molecule is COC(=O)C1=CC2(C(C)C)CCC(C)(C)N2O1. The Hall–Kier alpha value is -1.03. The zero-order valence-electron chi connectivity index (χ0n) is 11.2. The Bertz CT molecular complexity index is 373. The first kappa shape index (κ1) is 12.4. The monoisotopic (exact) mass is 239 g/mol. The average Bonchev–Trinajstić information content (AvgIpc) is 2.76. The molecule has 0 aliphatic carbocycles. The van der Waals surface area contributed by atoms with Crippen molar-refractivity contribution in [2.24, 2.45) is 5.92 Å². The molecule has 1 saturated heterocycles. The molecular weight excluding hydrogens is 218 g/mol. The Kier molecular flexibility index (Phi) is 2.73. The van der Waals surface area contributed by atoms with Gasteiger partial charge < -0.3 is 9.57 Å². The van der Waals surface area contributed by atoms with Crippen LogP contribution in [0.25, 0.3) is 0 Å². The molecule has 0 radical (unpaired) electrons. The number of fused-ring (bicyclic) bond motifs is 1. The first-order chi connectivity index (χ1) is 7.83. The van der Waals surface area contributed by atoms with Crippen LogP contribution in [0.5, 0.6) is 0 Å². The van der Waals surface area contributed by atoms with Crippen molar-refractivity contribution in [3.8, 4) is 0 Å². The lowest BCUT2D eigenvalue weighted by Crippen LogP contribution is -2.49. The highest BCUT2D eigenvalue weighted by atomic mass is 16.7. The van der Waals surface area contributed by atoms with Crippen LogP contribution >= 0.6 is 0 Å². The van der Waals surface area contributed by atoms with Gasteiger partial charge >= 0.3 is 5.97 Å². The number of esters is 1. The van der Waals surface area contributed by atoms with Crippen LogP contribution in [0, 0.1) is 5.92 Å². The number of ether oxygens (including phenoxy) is 1. The average molecular weight is 239 g/mol. The molecule has 0 aromatic rings. The molecule has 1 unspecified atom stereocenters. The maximum atomic E-state index is 11.6. The summed E-state index contributed by atoms with van der Waals surface area (Å²) >= 11 is 0. The van der Waals surface area contributed by atoms with Gasteiger partial charge in [0.05, 0.1) is 18.2 Å². The van der Waals surface area contributed by atoms with E-state index in [0.29, 0.717) is 11.7 Å². The van der Waals surface area contributed by atoms with Crippen LogP contribution in [-0.4, -0.2) is 29.2 Å². The smallest absolute Gasteiger partial charge is 0.375 e.